The fraction of sp³-hybridized carbons (Fsp3) is 1.00. The van der Waals surface area contributed by atoms with Gasteiger partial charge in [0.15, 0.2) is 0 Å². The Kier molecular flexibility index (Phi) is 6.22. The van der Waals surface area contributed by atoms with Crippen LogP contribution in [0.15, 0.2) is 0 Å². The fourth-order valence-corrected chi connectivity index (χ4v) is 2.60. The van der Waals surface area contributed by atoms with Crippen molar-refractivity contribution in [1.29, 1.82) is 0 Å². The van der Waals surface area contributed by atoms with Crippen LogP contribution in [-0.4, -0.2) is 19.3 Å². The topological polar surface area (TPSA) is 47.3 Å². The van der Waals surface area contributed by atoms with Crippen molar-refractivity contribution in [3.05, 3.63) is 0 Å². The zero-order valence-electron chi connectivity index (χ0n) is 10.2. The Morgan fingerprint density at radius 3 is 2.73 bits per heavy atom. The van der Waals surface area contributed by atoms with Crippen molar-refractivity contribution in [3.63, 3.8) is 0 Å². The third kappa shape index (κ3) is 3.74. The van der Waals surface area contributed by atoms with Gasteiger partial charge in [0.05, 0.1) is 6.61 Å². The van der Waals surface area contributed by atoms with Gasteiger partial charge in [-0.3, -0.25) is 11.3 Å². The molecule has 1 aliphatic rings. The summed E-state index contributed by atoms with van der Waals surface area (Å²) < 4.78 is 5.44. The molecule has 0 aliphatic carbocycles. The fourth-order valence-electron chi connectivity index (χ4n) is 2.60. The lowest BCUT2D eigenvalue weighted by molar-refractivity contribution is 0.160. The van der Waals surface area contributed by atoms with E-state index in [4.69, 9.17) is 10.6 Å². The zero-order valence-corrected chi connectivity index (χ0v) is 10.2. The van der Waals surface area contributed by atoms with Gasteiger partial charge in [-0.05, 0) is 18.8 Å². The summed E-state index contributed by atoms with van der Waals surface area (Å²) in [5, 5.41) is 0. The van der Waals surface area contributed by atoms with Crippen LogP contribution >= 0.6 is 0 Å². The molecule has 3 N–H and O–H groups in total. The SMILES string of the molecule is CCCCC(CC)C(NN)C1CCOC1. The Bertz CT molecular complexity index is 158. The molecule has 0 bridgehead atoms. The minimum atomic E-state index is 0.448. The third-order valence-corrected chi connectivity index (χ3v) is 3.63. The normalized spacial score (nSPS) is 25.4. The van der Waals surface area contributed by atoms with E-state index in [-0.39, 0.29) is 0 Å². The summed E-state index contributed by atoms with van der Waals surface area (Å²) in [6, 6.07) is 0.448. The number of hydrazine groups is 1. The Morgan fingerprint density at radius 1 is 1.47 bits per heavy atom. The van der Waals surface area contributed by atoms with Gasteiger partial charge in [0.1, 0.15) is 0 Å². The second-order valence-corrected chi connectivity index (χ2v) is 4.63. The Morgan fingerprint density at radius 2 is 2.27 bits per heavy atom. The molecule has 90 valence electrons. The van der Waals surface area contributed by atoms with Crippen LogP contribution in [-0.2, 0) is 4.74 Å². The smallest absolute Gasteiger partial charge is 0.0510 e. The standard InChI is InChI=1S/C12H26N2O/c1-3-5-6-10(4-2)12(14-13)11-7-8-15-9-11/h10-12,14H,3-9,13H2,1-2H3. The number of ether oxygens (including phenoxy) is 1. The van der Waals surface area contributed by atoms with Gasteiger partial charge < -0.3 is 4.74 Å². The Hall–Kier alpha value is -0.120. The number of nitrogens with two attached hydrogens (primary N) is 1. The van der Waals surface area contributed by atoms with Gasteiger partial charge in [0.2, 0.25) is 0 Å². The van der Waals surface area contributed by atoms with Crippen LogP contribution in [0.25, 0.3) is 0 Å². The number of unbranched alkanes of at least 4 members (excludes halogenated alkanes) is 1. The predicted octanol–water partition coefficient (Wildman–Crippen LogP) is 2.07. The van der Waals surface area contributed by atoms with Gasteiger partial charge in [-0.15, -0.1) is 0 Å². The molecule has 3 heteroatoms. The highest BCUT2D eigenvalue weighted by Gasteiger charge is 2.30. The molecule has 3 unspecified atom stereocenters. The monoisotopic (exact) mass is 214 g/mol. The maximum Gasteiger partial charge on any atom is 0.0510 e. The lowest BCUT2D eigenvalue weighted by Gasteiger charge is -2.29. The first-order valence-electron chi connectivity index (χ1n) is 6.37. The van der Waals surface area contributed by atoms with Crippen LogP contribution < -0.4 is 11.3 Å². The summed E-state index contributed by atoms with van der Waals surface area (Å²) in [6.45, 7) is 6.31. The van der Waals surface area contributed by atoms with Crippen LogP contribution in [0.5, 0.6) is 0 Å². The molecular formula is C12H26N2O. The first-order valence-corrected chi connectivity index (χ1v) is 6.37. The molecule has 15 heavy (non-hydrogen) atoms. The maximum atomic E-state index is 5.70. The summed E-state index contributed by atoms with van der Waals surface area (Å²) in [4.78, 5) is 0. The molecule has 0 aromatic rings. The van der Waals surface area contributed by atoms with Crippen molar-refractivity contribution in [2.75, 3.05) is 13.2 Å². The average Bonchev–Trinajstić information content (AvgIpc) is 2.77. The van der Waals surface area contributed by atoms with Crippen molar-refractivity contribution < 1.29 is 4.74 Å². The Balaban J connectivity index is 2.44. The van der Waals surface area contributed by atoms with Crippen LogP contribution in [0.3, 0.4) is 0 Å². The second kappa shape index (κ2) is 7.20. The molecule has 1 saturated heterocycles. The van der Waals surface area contributed by atoms with Crippen molar-refractivity contribution in [1.82, 2.24) is 5.43 Å². The molecule has 0 saturated carbocycles. The molecule has 1 fully saturated rings. The summed E-state index contributed by atoms with van der Waals surface area (Å²) in [5.41, 5.74) is 3.02. The zero-order chi connectivity index (χ0) is 11.1. The Labute approximate surface area is 93.7 Å². The largest absolute Gasteiger partial charge is 0.381 e. The van der Waals surface area contributed by atoms with E-state index in [0.717, 1.165) is 19.6 Å². The molecule has 0 spiro atoms. The highest BCUT2D eigenvalue weighted by Crippen LogP contribution is 2.26. The van der Waals surface area contributed by atoms with Crippen LogP contribution in [0.1, 0.15) is 46.0 Å². The number of nitrogens with one attached hydrogen (secondary N) is 1. The van der Waals surface area contributed by atoms with Crippen LogP contribution in [0.2, 0.25) is 0 Å². The first-order chi connectivity index (χ1) is 7.33. The minimum Gasteiger partial charge on any atom is -0.381 e. The van der Waals surface area contributed by atoms with E-state index >= 15 is 0 Å². The average molecular weight is 214 g/mol. The molecule has 3 nitrogen and oxygen atoms in total. The minimum absolute atomic E-state index is 0.448. The van der Waals surface area contributed by atoms with Crippen molar-refractivity contribution in [3.8, 4) is 0 Å². The number of rotatable bonds is 7. The van der Waals surface area contributed by atoms with E-state index in [1.165, 1.54) is 25.7 Å². The highest BCUT2D eigenvalue weighted by molar-refractivity contribution is 4.83. The van der Waals surface area contributed by atoms with Gasteiger partial charge >= 0.3 is 0 Å². The predicted molar refractivity (Wildman–Crippen MR) is 63.3 cm³/mol. The van der Waals surface area contributed by atoms with E-state index in [2.05, 4.69) is 19.3 Å². The first kappa shape index (κ1) is 12.9. The van der Waals surface area contributed by atoms with Crippen LogP contribution in [0.4, 0.5) is 0 Å². The second-order valence-electron chi connectivity index (χ2n) is 4.63. The number of hydrogen-bond donors (Lipinski definition) is 2. The van der Waals surface area contributed by atoms with E-state index in [0.29, 0.717) is 17.9 Å². The molecule has 1 rings (SSSR count). The maximum absolute atomic E-state index is 5.70. The molecule has 1 heterocycles. The van der Waals surface area contributed by atoms with E-state index in [1.807, 2.05) is 0 Å². The summed E-state index contributed by atoms with van der Waals surface area (Å²) in [7, 11) is 0. The molecule has 0 radical (unpaired) electrons. The summed E-state index contributed by atoms with van der Waals surface area (Å²) >= 11 is 0. The molecule has 3 atom stereocenters. The molecule has 0 aromatic heterocycles. The van der Waals surface area contributed by atoms with Crippen LogP contribution in [0, 0.1) is 11.8 Å². The molecular weight excluding hydrogens is 188 g/mol. The van der Waals surface area contributed by atoms with E-state index in [9.17, 15) is 0 Å². The van der Waals surface area contributed by atoms with Crippen molar-refractivity contribution in [2.24, 2.45) is 17.7 Å². The van der Waals surface area contributed by atoms with Gasteiger partial charge in [-0.25, -0.2) is 0 Å². The van der Waals surface area contributed by atoms with Crippen molar-refractivity contribution in [2.45, 2.75) is 52.0 Å². The lowest BCUT2D eigenvalue weighted by atomic mass is 9.83. The van der Waals surface area contributed by atoms with Gasteiger partial charge in [0.25, 0.3) is 0 Å². The third-order valence-electron chi connectivity index (χ3n) is 3.63. The summed E-state index contributed by atoms with van der Waals surface area (Å²) in [6.07, 6.45) is 6.25. The van der Waals surface area contributed by atoms with Gasteiger partial charge in [-0.2, -0.15) is 0 Å². The number of hydrogen-bond acceptors (Lipinski definition) is 3. The molecule has 0 amide bonds. The van der Waals surface area contributed by atoms with E-state index < -0.39 is 0 Å². The van der Waals surface area contributed by atoms with Gasteiger partial charge in [-0.1, -0.05) is 33.1 Å². The lowest BCUT2D eigenvalue weighted by Crippen LogP contribution is -2.46. The van der Waals surface area contributed by atoms with E-state index in [1.54, 1.807) is 0 Å². The molecule has 0 aromatic carbocycles. The highest BCUT2D eigenvalue weighted by atomic mass is 16.5. The van der Waals surface area contributed by atoms with Gasteiger partial charge in [0, 0.05) is 18.6 Å². The molecule has 1 aliphatic heterocycles. The van der Waals surface area contributed by atoms with Crippen molar-refractivity contribution >= 4 is 0 Å². The summed E-state index contributed by atoms with van der Waals surface area (Å²) in [5.74, 6) is 7.03. The quantitative estimate of drug-likeness (QED) is 0.504.